The summed E-state index contributed by atoms with van der Waals surface area (Å²) in [5, 5.41) is 0.169. The Bertz CT molecular complexity index is 3640. The fourth-order valence-electron chi connectivity index (χ4n) is 6.20. The van der Waals surface area contributed by atoms with Crippen LogP contribution in [-0.2, 0) is 57.0 Å². The molecule has 0 saturated heterocycles. The van der Waals surface area contributed by atoms with Crippen LogP contribution in [0.4, 0.5) is 0 Å². The molecule has 3 aromatic heterocycles. The van der Waals surface area contributed by atoms with Crippen LogP contribution in [0.5, 0.6) is 0 Å². The van der Waals surface area contributed by atoms with Crippen molar-refractivity contribution in [2.75, 3.05) is 0 Å². The topological polar surface area (TPSA) is 334 Å². The molecule has 4 aromatic carbocycles. The maximum absolute atomic E-state index is 12.1. The molecule has 29 heteroatoms. The van der Waals surface area contributed by atoms with Crippen molar-refractivity contribution >= 4 is 84.6 Å². The van der Waals surface area contributed by atoms with Gasteiger partial charge in [0.05, 0.1) is 42.9 Å². The van der Waals surface area contributed by atoms with E-state index in [-0.39, 0.29) is 224 Å². The second-order valence-corrected chi connectivity index (χ2v) is 17.6. The first kappa shape index (κ1) is 52.0. The van der Waals surface area contributed by atoms with E-state index >= 15 is 0 Å². The number of hydrogen-bond donors (Lipinski definition) is 0. The third kappa shape index (κ3) is 9.69. The number of rotatable bonds is 4. The van der Waals surface area contributed by atoms with Crippen molar-refractivity contribution in [1.82, 2.24) is 39.9 Å². The van der Waals surface area contributed by atoms with Gasteiger partial charge in [0.15, 0.2) is 0 Å². The van der Waals surface area contributed by atoms with Crippen LogP contribution in [0.15, 0.2) is 92.4 Å². The van der Waals surface area contributed by atoms with Crippen LogP contribution in [0.1, 0.15) is 0 Å². The predicted molar refractivity (Wildman–Crippen MR) is 186 cm³/mol. The van der Waals surface area contributed by atoms with Gasteiger partial charge in [0.1, 0.15) is 40.5 Å². The molecule has 2 aliphatic heterocycles. The zero-order valence-electron chi connectivity index (χ0n) is 31.4. The van der Waals surface area contributed by atoms with Crippen molar-refractivity contribution in [3.63, 3.8) is 0 Å². The molecule has 0 atom stereocenters. The number of benzene rings is 4. The molecule has 0 N–H and O–H groups in total. The van der Waals surface area contributed by atoms with Crippen molar-refractivity contribution in [1.29, 1.82) is 0 Å². The molecule has 0 unspecified atom stereocenters. The molecular weight excluding hydrogens is 967 g/mol. The summed E-state index contributed by atoms with van der Waals surface area (Å²) in [6, 6.07) is 12.9. The zero-order valence-corrected chi connectivity index (χ0v) is 43.6. The Balaban J connectivity index is 0.00000164. The first-order valence-corrected chi connectivity index (χ1v) is 21.0. The number of aromatic nitrogens is 8. The number of fused-ring (bicyclic) bond motifs is 20. The van der Waals surface area contributed by atoms with Gasteiger partial charge in [-0.1, -0.05) is 24.3 Å². The average Bonchev–Trinajstić information content (AvgIpc) is 3.84. The minimum absolute atomic E-state index is 0. The second-order valence-electron chi connectivity index (χ2n) is 12.1. The van der Waals surface area contributed by atoms with E-state index in [1.807, 2.05) is 0 Å². The van der Waals surface area contributed by atoms with Crippen LogP contribution in [0.25, 0.3) is 89.7 Å². The van der Waals surface area contributed by atoms with Crippen LogP contribution in [0, 0.1) is 0 Å². The standard InChI is InChI=1S/C32H16N8O12S4.4Na.Ni/c41-53(42,43)13-1-5-17-21(9-13)29-34-25(17)33-26-18-6-2-14(54(44,45)46)10-22(18)30(35-26)37-28-20-8-4-16(56(50,51)52)12-24(20)32(39-28)40-31-23-11-15(55(47,48)49)3-7-19(23)27(36-29)38-31;;;;;/h1-12H,(H4-2,33,34,35,36,37,38,39,40,41,42,43,44,45,46,47,48,49,50,51,52);;;;;/q-2;4*+1;+2/p-4. The maximum atomic E-state index is 12.1. The Hall–Kier alpha value is -1.63. The minimum Gasteiger partial charge on any atom is -0.744 e. The molecular formula is C32H12N8Na4NiO12S4. The van der Waals surface area contributed by atoms with Gasteiger partial charge >= 0.3 is 135 Å². The molecule has 0 saturated carbocycles. The van der Waals surface area contributed by atoms with Crippen molar-refractivity contribution in [2.45, 2.75) is 19.6 Å². The van der Waals surface area contributed by atoms with Gasteiger partial charge in [0.25, 0.3) is 0 Å². The predicted octanol–water partition coefficient (Wildman–Crippen LogP) is -10.2. The number of hydrogen-bond acceptors (Lipinski definition) is 18. The Morgan fingerprint density at radius 3 is 0.918 bits per heavy atom. The van der Waals surface area contributed by atoms with Gasteiger partial charge in [-0.3, -0.25) is 0 Å². The van der Waals surface area contributed by atoms with E-state index < -0.39 is 60.1 Å². The van der Waals surface area contributed by atoms with Crippen molar-refractivity contribution < 1.29 is 187 Å². The van der Waals surface area contributed by atoms with Crippen LogP contribution in [0.3, 0.4) is 0 Å². The van der Waals surface area contributed by atoms with Crippen LogP contribution in [-0.4, -0.2) is 81.8 Å². The Labute approximate surface area is 442 Å². The first-order chi connectivity index (χ1) is 26.2. The Morgan fingerprint density at radius 2 is 0.607 bits per heavy atom. The van der Waals surface area contributed by atoms with E-state index in [0.29, 0.717) is 0 Å². The normalized spacial score (nSPS) is 12.1. The van der Waals surface area contributed by atoms with E-state index in [9.17, 15) is 51.9 Å². The molecule has 61 heavy (non-hydrogen) atoms. The summed E-state index contributed by atoms with van der Waals surface area (Å²) in [6.45, 7) is 0. The third-order valence-electron chi connectivity index (χ3n) is 8.74. The van der Waals surface area contributed by atoms with Gasteiger partial charge in [-0.2, -0.15) is 0 Å². The minimum atomic E-state index is -5.04. The molecule has 7 aromatic rings. The fraction of sp³-hybridized carbons (Fsp3) is 0. The summed E-state index contributed by atoms with van der Waals surface area (Å²) in [5.74, 6) is -0.882. The third-order valence-corrected chi connectivity index (χ3v) is 12.1. The molecule has 0 amide bonds. The van der Waals surface area contributed by atoms with E-state index in [0.717, 1.165) is 48.5 Å². The van der Waals surface area contributed by atoms with Crippen LogP contribution in [0.2, 0.25) is 0 Å². The maximum Gasteiger partial charge on any atom is 2.00 e. The van der Waals surface area contributed by atoms with E-state index in [1.165, 1.54) is 24.3 Å². The molecule has 0 spiro atoms. The van der Waals surface area contributed by atoms with E-state index in [1.54, 1.807) is 0 Å². The largest absolute Gasteiger partial charge is 2.00 e. The van der Waals surface area contributed by atoms with Gasteiger partial charge < -0.3 is 48.1 Å². The molecule has 0 aliphatic carbocycles. The van der Waals surface area contributed by atoms with Crippen molar-refractivity contribution in [3.05, 3.63) is 72.8 Å². The molecule has 0 fully saturated rings. The van der Waals surface area contributed by atoms with Crippen molar-refractivity contribution in [3.8, 4) is 45.6 Å². The summed E-state index contributed by atoms with van der Waals surface area (Å²) < 4.78 is 145. The van der Waals surface area contributed by atoms with E-state index in [4.69, 9.17) is 0 Å². The molecule has 5 heterocycles. The van der Waals surface area contributed by atoms with Gasteiger partial charge in [-0.15, -0.1) is 0 Å². The SMILES string of the molecule is O=S(=O)([O-])c1ccc2c(c1)-c1nc-2nc2[n-]c(nc3nc(nc4[n-]c(n1)c1ccc(S(=O)(=O)[O-])cc41)-c1cc(S(=O)(=O)[O-])ccc1-3)c1cc(S(=O)(=O)[O-])ccc21.[Na+].[Na+].[Na+].[Na+].[Ni+2]. The van der Waals surface area contributed by atoms with Crippen LogP contribution >= 0.6 is 0 Å². The average molecular weight is 979 g/mol. The summed E-state index contributed by atoms with van der Waals surface area (Å²) >= 11 is 0. The smallest absolute Gasteiger partial charge is 0.744 e. The molecule has 20 nitrogen and oxygen atoms in total. The zero-order chi connectivity index (χ0) is 39.7. The summed E-state index contributed by atoms with van der Waals surface area (Å²) in [5.41, 5.74) is -0.712. The van der Waals surface area contributed by atoms with Crippen molar-refractivity contribution in [2.24, 2.45) is 0 Å². The summed E-state index contributed by atoms with van der Waals surface area (Å²) in [7, 11) is -20.1. The molecule has 9 rings (SSSR count). The van der Waals surface area contributed by atoms with Gasteiger partial charge in [-0.25, -0.2) is 43.6 Å². The number of nitrogens with zero attached hydrogens (tertiary/aromatic N) is 8. The van der Waals surface area contributed by atoms with Gasteiger partial charge in [0.2, 0.25) is 0 Å². The monoisotopic (exact) mass is 978 g/mol. The quantitative estimate of drug-likeness (QED) is 0.117. The van der Waals surface area contributed by atoms with Gasteiger partial charge in [-0.05, 0) is 70.1 Å². The fourth-order valence-corrected chi connectivity index (χ4v) is 8.19. The Morgan fingerprint density at radius 1 is 0.344 bits per heavy atom. The first-order valence-electron chi connectivity index (χ1n) is 15.3. The molecule has 8 bridgehead atoms. The molecule has 2 aliphatic rings. The van der Waals surface area contributed by atoms with E-state index in [2.05, 4.69) is 39.9 Å². The van der Waals surface area contributed by atoms with Gasteiger partial charge in [0, 0.05) is 44.8 Å². The summed E-state index contributed by atoms with van der Waals surface area (Å²) in [6.07, 6.45) is 0. The second kappa shape index (κ2) is 18.3. The molecule has 0 radical (unpaired) electrons. The molecule has 290 valence electrons. The Kier molecular flexibility index (Phi) is 15.6. The van der Waals surface area contributed by atoms with Crippen LogP contribution < -0.4 is 128 Å². The summed E-state index contributed by atoms with van der Waals surface area (Å²) in [4.78, 5) is 33.1.